The molecule has 2 aromatic rings. The van der Waals surface area contributed by atoms with Crippen molar-refractivity contribution in [1.29, 1.82) is 0 Å². The first-order valence-electron chi connectivity index (χ1n) is 8.02. The minimum atomic E-state index is -0.895. The molecule has 0 aromatic carbocycles. The average molecular weight is 363 g/mol. The van der Waals surface area contributed by atoms with Crippen molar-refractivity contribution < 1.29 is 14.3 Å². The largest absolute Gasteiger partial charge is 0.462 e. The second-order valence-electron chi connectivity index (χ2n) is 6.07. The first-order valence-corrected chi connectivity index (χ1v) is 8.39. The number of pyridine rings is 2. The summed E-state index contributed by atoms with van der Waals surface area (Å²) in [5.41, 5.74) is 0.619. The summed E-state index contributed by atoms with van der Waals surface area (Å²) in [6.07, 6.45) is 3.14. The maximum atomic E-state index is 12.6. The Hall–Kier alpha value is -2.25. The Morgan fingerprint density at radius 2 is 2.04 bits per heavy atom. The molecule has 0 aliphatic carbocycles. The second kappa shape index (κ2) is 7.33. The molecule has 0 bridgehead atoms. The number of fused-ring (bicyclic) bond motifs is 1. The van der Waals surface area contributed by atoms with Gasteiger partial charge in [-0.1, -0.05) is 11.6 Å². The van der Waals surface area contributed by atoms with Gasteiger partial charge in [0.2, 0.25) is 0 Å². The van der Waals surface area contributed by atoms with E-state index in [-0.39, 0.29) is 6.04 Å². The number of ether oxygens (including phenoxy) is 1. The first-order chi connectivity index (χ1) is 12.0. The topological polar surface area (TPSA) is 75.6 Å². The third kappa shape index (κ3) is 3.72. The lowest BCUT2D eigenvalue weighted by Crippen LogP contribution is -2.49. The van der Waals surface area contributed by atoms with Crippen LogP contribution in [0.4, 0.5) is 5.82 Å². The third-order valence-electron chi connectivity index (χ3n) is 4.40. The quantitative estimate of drug-likeness (QED) is 0.461. The van der Waals surface area contributed by atoms with E-state index in [1.807, 2.05) is 13.1 Å². The summed E-state index contributed by atoms with van der Waals surface area (Å²) in [6.45, 7) is 1.69. The Morgan fingerprint density at radius 3 is 2.72 bits per heavy atom. The van der Waals surface area contributed by atoms with Crippen LogP contribution in [0.3, 0.4) is 0 Å². The van der Waals surface area contributed by atoms with Gasteiger partial charge in [-0.3, -0.25) is 9.69 Å². The second-order valence-corrected chi connectivity index (χ2v) is 6.46. The van der Waals surface area contributed by atoms with Crippen molar-refractivity contribution in [3.63, 3.8) is 0 Å². The number of anilines is 1. The molecule has 25 heavy (non-hydrogen) atoms. The standard InChI is InChI=1S/C17H19ClN4O3/c1-21-7-5-12(6-8-21)22(16(23)17(24)25-2)15-4-3-11-10-19-14(18)9-13(11)20-15/h3-4,9-10,12H,5-8H2,1-2H3. The fourth-order valence-corrected chi connectivity index (χ4v) is 3.16. The lowest BCUT2D eigenvalue weighted by molar-refractivity contribution is -0.151. The number of rotatable bonds is 2. The molecule has 1 amide bonds. The minimum absolute atomic E-state index is 0.106. The number of carbonyl (C=O) groups is 2. The van der Waals surface area contributed by atoms with Crippen molar-refractivity contribution in [2.75, 3.05) is 32.1 Å². The van der Waals surface area contributed by atoms with Crippen molar-refractivity contribution in [2.24, 2.45) is 0 Å². The van der Waals surface area contributed by atoms with Crippen LogP contribution in [-0.2, 0) is 14.3 Å². The molecule has 3 rings (SSSR count). The smallest absolute Gasteiger partial charge is 0.397 e. The zero-order valence-electron chi connectivity index (χ0n) is 14.1. The summed E-state index contributed by atoms with van der Waals surface area (Å²) < 4.78 is 4.63. The van der Waals surface area contributed by atoms with Gasteiger partial charge in [-0.15, -0.1) is 0 Å². The fraction of sp³-hybridized carbons (Fsp3) is 0.412. The number of aromatic nitrogens is 2. The number of likely N-dealkylation sites (tertiary alicyclic amines) is 1. The van der Waals surface area contributed by atoms with Crippen molar-refractivity contribution in [1.82, 2.24) is 14.9 Å². The molecule has 1 aliphatic heterocycles. The number of halogens is 1. The summed E-state index contributed by atoms with van der Waals surface area (Å²) in [7, 11) is 3.23. The zero-order chi connectivity index (χ0) is 18.0. The number of nitrogens with zero attached hydrogens (tertiary/aromatic N) is 4. The molecular weight excluding hydrogens is 344 g/mol. The molecular formula is C17H19ClN4O3. The summed E-state index contributed by atoms with van der Waals surface area (Å²) in [5.74, 6) is -1.18. The van der Waals surface area contributed by atoms with Crippen LogP contribution in [0.25, 0.3) is 10.9 Å². The molecule has 132 valence electrons. The van der Waals surface area contributed by atoms with Crippen LogP contribution in [0.2, 0.25) is 5.15 Å². The van der Waals surface area contributed by atoms with Crippen LogP contribution in [0.15, 0.2) is 24.4 Å². The van der Waals surface area contributed by atoms with E-state index in [1.54, 1.807) is 18.3 Å². The van der Waals surface area contributed by atoms with Crippen LogP contribution in [0, 0.1) is 0 Å². The Morgan fingerprint density at radius 1 is 1.32 bits per heavy atom. The molecule has 0 N–H and O–H groups in total. The number of hydrogen-bond donors (Lipinski definition) is 0. The molecule has 0 saturated carbocycles. The van der Waals surface area contributed by atoms with Gasteiger partial charge in [0.05, 0.1) is 12.6 Å². The van der Waals surface area contributed by atoms with Gasteiger partial charge < -0.3 is 9.64 Å². The number of hydrogen-bond acceptors (Lipinski definition) is 6. The SMILES string of the molecule is COC(=O)C(=O)N(c1ccc2cnc(Cl)cc2n1)C1CCN(C)CC1. The van der Waals surface area contributed by atoms with Crippen LogP contribution in [0.5, 0.6) is 0 Å². The van der Waals surface area contributed by atoms with Gasteiger partial charge in [0.25, 0.3) is 0 Å². The molecule has 0 unspecified atom stereocenters. The monoisotopic (exact) mass is 362 g/mol. The maximum absolute atomic E-state index is 12.6. The van der Waals surface area contributed by atoms with E-state index in [0.717, 1.165) is 31.3 Å². The predicted molar refractivity (Wildman–Crippen MR) is 94.6 cm³/mol. The van der Waals surface area contributed by atoms with Crippen LogP contribution < -0.4 is 4.90 Å². The zero-order valence-corrected chi connectivity index (χ0v) is 14.9. The molecule has 3 heterocycles. The lowest BCUT2D eigenvalue weighted by atomic mass is 10.0. The van der Waals surface area contributed by atoms with Crippen molar-refractivity contribution in [3.05, 3.63) is 29.5 Å². The highest BCUT2D eigenvalue weighted by Crippen LogP contribution is 2.25. The van der Waals surface area contributed by atoms with Gasteiger partial charge in [0.15, 0.2) is 0 Å². The van der Waals surface area contributed by atoms with Gasteiger partial charge >= 0.3 is 11.9 Å². The predicted octanol–water partition coefficient (Wildman–Crippen LogP) is 1.88. The maximum Gasteiger partial charge on any atom is 0.397 e. The third-order valence-corrected chi connectivity index (χ3v) is 4.61. The Kier molecular flexibility index (Phi) is 5.15. The molecule has 1 fully saturated rings. The van der Waals surface area contributed by atoms with Gasteiger partial charge in [0.1, 0.15) is 11.0 Å². The number of carbonyl (C=O) groups excluding carboxylic acids is 2. The van der Waals surface area contributed by atoms with Gasteiger partial charge in [0, 0.05) is 23.7 Å². The number of methoxy groups -OCH3 is 1. The molecule has 0 spiro atoms. The molecule has 1 saturated heterocycles. The molecule has 0 radical (unpaired) electrons. The Balaban J connectivity index is 2.01. The molecule has 2 aromatic heterocycles. The van der Waals surface area contributed by atoms with Crippen molar-refractivity contribution >= 4 is 40.2 Å². The normalized spacial score (nSPS) is 16.0. The average Bonchev–Trinajstić information content (AvgIpc) is 2.62. The van der Waals surface area contributed by atoms with E-state index in [4.69, 9.17) is 11.6 Å². The summed E-state index contributed by atoms with van der Waals surface area (Å²) in [5, 5.41) is 1.13. The van der Waals surface area contributed by atoms with E-state index < -0.39 is 11.9 Å². The summed E-state index contributed by atoms with van der Waals surface area (Å²) in [6, 6.07) is 5.06. The van der Waals surface area contributed by atoms with E-state index in [0.29, 0.717) is 16.5 Å². The van der Waals surface area contributed by atoms with Crippen molar-refractivity contribution in [2.45, 2.75) is 18.9 Å². The first kappa shape index (κ1) is 17.6. The van der Waals surface area contributed by atoms with Crippen LogP contribution >= 0.6 is 11.6 Å². The molecule has 8 heteroatoms. The minimum Gasteiger partial charge on any atom is -0.462 e. The molecule has 1 aliphatic rings. The number of amides is 1. The van der Waals surface area contributed by atoms with Crippen LogP contribution in [-0.4, -0.2) is 60.0 Å². The number of piperidine rings is 1. The highest BCUT2D eigenvalue weighted by atomic mass is 35.5. The summed E-state index contributed by atoms with van der Waals surface area (Å²) >= 11 is 5.94. The fourth-order valence-electron chi connectivity index (χ4n) is 3.01. The van der Waals surface area contributed by atoms with Gasteiger partial charge in [-0.05, 0) is 45.1 Å². The van der Waals surface area contributed by atoms with Crippen LogP contribution in [0.1, 0.15) is 12.8 Å². The Labute approximate surface area is 150 Å². The molecule has 0 atom stereocenters. The van der Waals surface area contributed by atoms with Gasteiger partial charge in [-0.25, -0.2) is 14.8 Å². The van der Waals surface area contributed by atoms with Crippen molar-refractivity contribution in [3.8, 4) is 0 Å². The van der Waals surface area contributed by atoms with E-state index >= 15 is 0 Å². The lowest BCUT2D eigenvalue weighted by Gasteiger charge is -2.36. The van der Waals surface area contributed by atoms with E-state index in [9.17, 15) is 9.59 Å². The Bertz CT molecular complexity index is 806. The highest BCUT2D eigenvalue weighted by Gasteiger charge is 2.33. The van der Waals surface area contributed by atoms with E-state index in [2.05, 4.69) is 19.6 Å². The van der Waals surface area contributed by atoms with Gasteiger partial charge in [-0.2, -0.15) is 0 Å². The van der Waals surface area contributed by atoms with E-state index in [1.165, 1.54) is 12.0 Å². The highest BCUT2D eigenvalue weighted by molar-refractivity contribution is 6.38. The molecule has 7 nitrogen and oxygen atoms in total. The number of esters is 1. The summed E-state index contributed by atoms with van der Waals surface area (Å²) in [4.78, 5) is 36.7.